The van der Waals surface area contributed by atoms with Crippen molar-refractivity contribution in [2.75, 3.05) is 0 Å². The quantitative estimate of drug-likeness (QED) is 0.871. The Balaban J connectivity index is 2.07. The number of aliphatic carboxylic acids is 1. The minimum atomic E-state index is -3.75. The number of rotatable bonds is 4. The molecule has 0 aromatic heterocycles. The zero-order valence-corrected chi connectivity index (χ0v) is 13.3. The van der Waals surface area contributed by atoms with Crippen LogP contribution in [0.1, 0.15) is 26.3 Å². The first-order valence-corrected chi connectivity index (χ1v) is 7.06. The van der Waals surface area contributed by atoms with E-state index in [4.69, 9.17) is 4.74 Å². The van der Waals surface area contributed by atoms with Crippen molar-refractivity contribution in [1.82, 2.24) is 5.32 Å². The van der Waals surface area contributed by atoms with Gasteiger partial charge in [-0.1, -0.05) is 6.07 Å². The van der Waals surface area contributed by atoms with Gasteiger partial charge in [0.25, 0.3) is 0 Å². The Labute approximate surface area is 136 Å². The van der Waals surface area contributed by atoms with Gasteiger partial charge in [0.1, 0.15) is 11.6 Å². The highest BCUT2D eigenvalue weighted by Gasteiger charge is 2.43. The molecule has 0 saturated heterocycles. The number of carbonyl (C=O) groups excluding carboxylic acids is 1. The summed E-state index contributed by atoms with van der Waals surface area (Å²) in [5, 5.41) is 11.4. The van der Waals surface area contributed by atoms with Gasteiger partial charge in [0, 0.05) is 6.42 Å². The summed E-state index contributed by atoms with van der Waals surface area (Å²) < 4.78 is 39.5. The molecule has 0 aliphatic carbocycles. The van der Waals surface area contributed by atoms with Gasteiger partial charge in [-0.15, -0.1) is 8.78 Å². The lowest BCUT2D eigenvalue weighted by molar-refractivity contribution is -0.286. The van der Waals surface area contributed by atoms with Crippen molar-refractivity contribution in [2.45, 2.75) is 45.1 Å². The molecule has 2 N–H and O–H groups in total. The van der Waals surface area contributed by atoms with Gasteiger partial charge in [0.05, 0.1) is 0 Å². The van der Waals surface area contributed by atoms with E-state index in [1.165, 1.54) is 18.2 Å². The first-order chi connectivity index (χ1) is 11.0. The average Bonchev–Trinajstić information content (AvgIpc) is 2.68. The number of halogens is 2. The maximum atomic E-state index is 13.0. The van der Waals surface area contributed by atoms with E-state index in [-0.39, 0.29) is 17.9 Å². The summed E-state index contributed by atoms with van der Waals surface area (Å²) in [5.41, 5.74) is -0.407. The van der Waals surface area contributed by atoms with Crippen LogP contribution in [0.5, 0.6) is 11.5 Å². The minimum Gasteiger partial charge on any atom is -0.480 e. The zero-order valence-electron chi connectivity index (χ0n) is 13.3. The Bertz CT molecular complexity index is 656. The number of amides is 1. The number of alkyl carbamates (subject to hydrolysis) is 1. The molecular weight excluding hydrogens is 328 g/mol. The zero-order chi connectivity index (χ0) is 18.1. The van der Waals surface area contributed by atoms with Crippen LogP contribution in [0.2, 0.25) is 0 Å². The van der Waals surface area contributed by atoms with Gasteiger partial charge in [-0.2, -0.15) is 0 Å². The molecule has 0 unspecified atom stereocenters. The van der Waals surface area contributed by atoms with Gasteiger partial charge in [0.2, 0.25) is 0 Å². The highest BCUT2D eigenvalue weighted by atomic mass is 19.3. The van der Waals surface area contributed by atoms with Gasteiger partial charge in [0.15, 0.2) is 11.5 Å². The summed E-state index contributed by atoms with van der Waals surface area (Å²) in [4.78, 5) is 23.0. The number of hydrogen-bond donors (Lipinski definition) is 2. The Morgan fingerprint density at radius 2 is 1.92 bits per heavy atom. The van der Waals surface area contributed by atoms with Crippen LogP contribution in [0, 0.1) is 0 Å². The standard InChI is InChI=1S/C15H17F2NO6/c1-14(2,3)24-13(21)18-9(12(19)20)6-8-4-5-10-11(7-8)23-15(16,17)22-10/h4-5,7,9H,6H2,1-3H3,(H,18,21)(H,19,20)/t9-/m0/s1. The van der Waals surface area contributed by atoms with E-state index in [1.807, 2.05) is 0 Å². The van der Waals surface area contributed by atoms with E-state index in [2.05, 4.69) is 14.8 Å². The number of carboxylic acid groups (broad SMARTS) is 1. The number of ether oxygens (including phenoxy) is 3. The molecular formula is C15H17F2NO6. The fourth-order valence-electron chi connectivity index (χ4n) is 2.01. The lowest BCUT2D eigenvalue weighted by Crippen LogP contribution is -2.44. The minimum absolute atomic E-state index is 0.142. The summed E-state index contributed by atoms with van der Waals surface area (Å²) in [6.45, 7) is 4.92. The summed E-state index contributed by atoms with van der Waals surface area (Å²) in [7, 11) is 0. The van der Waals surface area contributed by atoms with Crippen molar-refractivity contribution in [3.05, 3.63) is 23.8 Å². The Hall–Kier alpha value is -2.58. The van der Waals surface area contributed by atoms with Crippen LogP contribution < -0.4 is 14.8 Å². The molecule has 1 aliphatic rings. The maximum Gasteiger partial charge on any atom is 0.586 e. The fraction of sp³-hybridized carbons (Fsp3) is 0.467. The van der Waals surface area contributed by atoms with Gasteiger partial charge in [-0.05, 0) is 38.5 Å². The maximum absolute atomic E-state index is 13.0. The third-order valence-corrected chi connectivity index (χ3v) is 2.89. The predicted molar refractivity (Wildman–Crippen MR) is 77.1 cm³/mol. The monoisotopic (exact) mass is 345 g/mol. The number of fused-ring (bicyclic) bond motifs is 1. The van der Waals surface area contributed by atoms with E-state index < -0.39 is 30.0 Å². The molecule has 0 radical (unpaired) electrons. The second kappa shape index (κ2) is 6.14. The van der Waals surface area contributed by atoms with E-state index in [0.717, 1.165) is 0 Å². The molecule has 1 aromatic rings. The molecule has 24 heavy (non-hydrogen) atoms. The van der Waals surface area contributed by atoms with Gasteiger partial charge in [-0.25, -0.2) is 9.59 Å². The Kier molecular flexibility index (Phi) is 4.54. The topological polar surface area (TPSA) is 94.1 Å². The number of nitrogens with one attached hydrogen (secondary N) is 1. The molecule has 132 valence electrons. The number of carboxylic acids is 1. The van der Waals surface area contributed by atoms with E-state index >= 15 is 0 Å². The molecule has 1 amide bonds. The lowest BCUT2D eigenvalue weighted by Gasteiger charge is -2.22. The van der Waals surface area contributed by atoms with Crippen LogP contribution in [0.4, 0.5) is 13.6 Å². The van der Waals surface area contributed by atoms with Crippen LogP contribution in [-0.2, 0) is 16.0 Å². The Morgan fingerprint density at radius 1 is 1.29 bits per heavy atom. The van der Waals surface area contributed by atoms with Crippen LogP contribution >= 0.6 is 0 Å². The van der Waals surface area contributed by atoms with E-state index in [1.54, 1.807) is 20.8 Å². The third kappa shape index (κ3) is 4.71. The van der Waals surface area contributed by atoms with Crippen molar-refractivity contribution >= 4 is 12.1 Å². The first kappa shape index (κ1) is 17.8. The molecule has 1 heterocycles. The lowest BCUT2D eigenvalue weighted by atomic mass is 10.1. The largest absolute Gasteiger partial charge is 0.586 e. The molecule has 7 nitrogen and oxygen atoms in total. The third-order valence-electron chi connectivity index (χ3n) is 2.89. The molecule has 0 spiro atoms. The molecule has 0 fully saturated rings. The van der Waals surface area contributed by atoms with Crippen LogP contribution in [-0.4, -0.2) is 35.1 Å². The van der Waals surface area contributed by atoms with E-state index in [0.29, 0.717) is 5.56 Å². The number of alkyl halides is 2. The molecule has 1 atom stereocenters. The van der Waals surface area contributed by atoms with Crippen LogP contribution in [0.3, 0.4) is 0 Å². The van der Waals surface area contributed by atoms with E-state index in [9.17, 15) is 23.5 Å². The molecule has 1 aliphatic heterocycles. The summed E-state index contributed by atoms with van der Waals surface area (Å²) in [5.74, 6) is -1.63. The SMILES string of the molecule is CC(C)(C)OC(=O)N[C@@H](Cc1ccc2c(c1)OC(F)(F)O2)C(=O)O. The highest BCUT2D eigenvalue weighted by Crippen LogP contribution is 2.41. The average molecular weight is 345 g/mol. The molecule has 0 saturated carbocycles. The summed E-state index contributed by atoms with van der Waals surface area (Å²) in [6, 6.07) is 2.61. The van der Waals surface area contributed by atoms with Gasteiger partial charge in [-0.3, -0.25) is 0 Å². The van der Waals surface area contributed by atoms with Crippen molar-refractivity contribution in [3.8, 4) is 11.5 Å². The molecule has 2 rings (SSSR count). The summed E-state index contributed by atoms with van der Waals surface area (Å²) >= 11 is 0. The van der Waals surface area contributed by atoms with Gasteiger partial charge < -0.3 is 24.6 Å². The van der Waals surface area contributed by atoms with Crippen molar-refractivity contribution in [2.24, 2.45) is 0 Å². The van der Waals surface area contributed by atoms with Crippen molar-refractivity contribution in [3.63, 3.8) is 0 Å². The number of hydrogen-bond acceptors (Lipinski definition) is 5. The second-order valence-corrected chi connectivity index (χ2v) is 6.19. The Morgan fingerprint density at radius 3 is 2.50 bits per heavy atom. The van der Waals surface area contributed by atoms with Crippen molar-refractivity contribution < 1.29 is 37.7 Å². The molecule has 1 aromatic carbocycles. The highest BCUT2D eigenvalue weighted by molar-refractivity contribution is 5.80. The smallest absolute Gasteiger partial charge is 0.480 e. The van der Waals surface area contributed by atoms with Crippen molar-refractivity contribution in [1.29, 1.82) is 0 Å². The molecule has 0 bridgehead atoms. The number of benzene rings is 1. The predicted octanol–water partition coefficient (Wildman–Crippen LogP) is 2.53. The summed E-state index contributed by atoms with van der Waals surface area (Å²) in [6.07, 6.45) is -4.78. The fourth-order valence-corrected chi connectivity index (χ4v) is 2.01. The first-order valence-electron chi connectivity index (χ1n) is 7.06. The van der Waals surface area contributed by atoms with Gasteiger partial charge >= 0.3 is 18.4 Å². The molecule has 9 heteroatoms. The normalized spacial score (nSPS) is 16.4. The number of carbonyl (C=O) groups is 2. The van der Waals surface area contributed by atoms with Crippen LogP contribution in [0.25, 0.3) is 0 Å². The van der Waals surface area contributed by atoms with Crippen LogP contribution in [0.15, 0.2) is 18.2 Å². The second-order valence-electron chi connectivity index (χ2n) is 6.19.